The van der Waals surface area contributed by atoms with Crippen molar-refractivity contribution in [2.24, 2.45) is 5.92 Å². The second-order valence-electron chi connectivity index (χ2n) is 4.84. The largest absolute Gasteiger partial charge is 0.314 e. The molecule has 1 aromatic rings. The van der Waals surface area contributed by atoms with Crippen LogP contribution >= 0.6 is 27.3 Å². The van der Waals surface area contributed by atoms with E-state index in [1.807, 2.05) is 11.3 Å². The third kappa shape index (κ3) is 2.29. The van der Waals surface area contributed by atoms with E-state index in [2.05, 4.69) is 34.2 Å². The van der Waals surface area contributed by atoms with E-state index in [0.29, 0.717) is 0 Å². The van der Waals surface area contributed by atoms with E-state index in [1.54, 1.807) is 4.88 Å². The van der Waals surface area contributed by atoms with Crippen LogP contribution in [0.5, 0.6) is 0 Å². The summed E-state index contributed by atoms with van der Waals surface area (Å²) in [6.45, 7) is 3.43. The van der Waals surface area contributed by atoms with Gasteiger partial charge in [0.05, 0.1) is 0 Å². The molecule has 0 saturated heterocycles. The minimum Gasteiger partial charge on any atom is -0.314 e. The van der Waals surface area contributed by atoms with Crippen molar-refractivity contribution < 1.29 is 0 Å². The number of rotatable bonds is 4. The number of aryl methyl sites for hydroxylation is 1. The minimum absolute atomic E-state index is 0.853. The zero-order valence-corrected chi connectivity index (χ0v) is 11.3. The van der Waals surface area contributed by atoms with E-state index in [1.165, 1.54) is 35.2 Å². The Labute approximate surface area is 103 Å². The molecule has 0 spiro atoms. The van der Waals surface area contributed by atoms with Crippen molar-refractivity contribution in [3.63, 3.8) is 0 Å². The standard InChI is InChI=1S/C12H16BrNS/c1-7-11(13)5-12(15-7)10-4-8(10)6-14-9-2-3-9/h5,8-10,14H,2-4,6H2,1H3. The van der Waals surface area contributed by atoms with E-state index >= 15 is 0 Å². The van der Waals surface area contributed by atoms with Crippen LogP contribution in [0.15, 0.2) is 10.5 Å². The molecule has 2 aliphatic rings. The zero-order chi connectivity index (χ0) is 10.4. The molecule has 0 amide bonds. The molecule has 0 aliphatic heterocycles. The van der Waals surface area contributed by atoms with Crippen molar-refractivity contribution in [3.05, 3.63) is 20.3 Å². The molecule has 2 fully saturated rings. The van der Waals surface area contributed by atoms with Gasteiger partial charge >= 0.3 is 0 Å². The molecular weight excluding hydrogens is 270 g/mol. The predicted octanol–water partition coefficient (Wildman–Crippen LogP) is 3.67. The maximum absolute atomic E-state index is 3.63. The number of nitrogens with one attached hydrogen (secondary N) is 1. The van der Waals surface area contributed by atoms with Crippen LogP contribution in [-0.2, 0) is 0 Å². The third-order valence-electron chi connectivity index (χ3n) is 3.41. The fourth-order valence-electron chi connectivity index (χ4n) is 2.09. The molecule has 1 N–H and O–H groups in total. The first kappa shape index (κ1) is 10.3. The molecule has 1 aromatic heterocycles. The van der Waals surface area contributed by atoms with Crippen molar-refractivity contribution >= 4 is 27.3 Å². The number of hydrogen-bond donors (Lipinski definition) is 1. The monoisotopic (exact) mass is 285 g/mol. The van der Waals surface area contributed by atoms with Gasteiger partial charge in [0.15, 0.2) is 0 Å². The van der Waals surface area contributed by atoms with Crippen LogP contribution in [0.3, 0.4) is 0 Å². The molecule has 2 aliphatic carbocycles. The van der Waals surface area contributed by atoms with Gasteiger partial charge in [0.2, 0.25) is 0 Å². The van der Waals surface area contributed by atoms with Crippen molar-refractivity contribution in [2.45, 2.75) is 38.1 Å². The van der Waals surface area contributed by atoms with Crippen LogP contribution in [0.4, 0.5) is 0 Å². The molecular formula is C12H16BrNS. The molecule has 0 aromatic carbocycles. The topological polar surface area (TPSA) is 12.0 Å². The molecule has 2 saturated carbocycles. The van der Waals surface area contributed by atoms with E-state index in [-0.39, 0.29) is 0 Å². The first-order valence-corrected chi connectivity index (χ1v) is 7.34. The number of halogens is 1. The Kier molecular flexibility index (Phi) is 2.65. The zero-order valence-electron chi connectivity index (χ0n) is 8.92. The van der Waals surface area contributed by atoms with E-state index in [9.17, 15) is 0 Å². The van der Waals surface area contributed by atoms with Crippen molar-refractivity contribution in [2.75, 3.05) is 6.54 Å². The van der Waals surface area contributed by atoms with Crippen molar-refractivity contribution in [3.8, 4) is 0 Å². The first-order chi connectivity index (χ1) is 7.24. The third-order valence-corrected chi connectivity index (χ3v) is 5.68. The molecule has 1 nitrogen and oxygen atoms in total. The average Bonchev–Trinajstić information content (AvgIpc) is 3.10. The Morgan fingerprint density at radius 1 is 1.53 bits per heavy atom. The minimum atomic E-state index is 0.853. The fraction of sp³-hybridized carbons (Fsp3) is 0.667. The Balaban J connectivity index is 1.56. The summed E-state index contributed by atoms with van der Waals surface area (Å²) in [7, 11) is 0. The summed E-state index contributed by atoms with van der Waals surface area (Å²) in [6, 6.07) is 3.19. The van der Waals surface area contributed by atoms with Crippen LogP contribution in [0.25, 0.3) is 0 Å². The van der Waals surface area contributed by atoms with Gasteiger partial charge in [-0.05, 0) is 66.6 Å². The van der Waals surface area contributed by atoms with Crippen LogP contribution in [0.2, 0.25) is 0 Å². The SMILES string of the molecule is Cc1sc(C2CC2CNC2CC2)cc1Br. The second-order valence-corrected chi connectivity index (χ2v) is 6.98. The lowest BCUT2D eigenvalue weighted by Crippen LogP contribution is -2.19. The highest BCUT2D eigenvalue weighted by Crippen LogP contribution is 2.50. The Hall–Kier alpha value is 0.140. The summed E-state index contributed by atoms with van der Waals surface area (Å²) < 4.78 is 1.29. The number of thiophene rings is 1. The Morgan fingerprint density at radius 2 is 2.33 bits per heavy atom. The molecule has 0 bridgehead atoms. The normalized spacial score (nSPS) is 29.5. The van der Waals surface area contributed by atoms with Gasteiger partial charge in [-0.15, -0.1) is 11.3 Å². The average molecular weight is 286 g/mol. The number of hydrogen-bond acceptors (Lipinski definition) is 2. The molecule has 15 heavy (non-hydrogen) atoms. The molecule has 82 valence electrons. The molecule has 3 rings (SSSR count). The summed E-state index contributed by atoms with van der Waals surface area (Å²) in [5.41, 5.74) is 0. The lowest BCUT2D eigenvalue weighted by Gasteiger charge is -2.00. The lowest BCUT2D eigenvalue weighted by atomic mass is 10.2. The van der Waals surface area contributed by atoms with Gasteiger partial charge < -0.3 is 5.32 Å². The first-order valence-electron chi connectivity index (χ1n) is 5.73. The predicted molar refractivity (Wildman–Crippen MR) is 68.6 cm³/mol. The van der Waals surface area contributed by atoms with Crippen molar-refractivity contribution in [1.82, 2.24) is 5.32 Å². The van der Waals surface area contributed by atoms with Gasteiger partial charge in [0.1, 0.15) is 0 Å². The second kappa shape index (κ2) is 3.86. The van der Waals surface area contributed by atoms with E-state index in [4.69, 9.17) is 0 Å². The van der Waals surface area contributed by atoms with Gasteiger partial charge in [-0.25, -0.2) is 0 Å². The van der Waals surface area contributed by atoms with Crippen LogP contribution in [0, 0.1) is 12.8 Å². The van der Waals surface area contributed by atoms with Gasteiger partial charge in [-0.2, -0.15) is 0 Å². The highest BCUT2D eigenvalue weighted by atomic mass is 79.9. The van der Waals surface area contributed by atoms with Gasteiger partial charge in [0.25, 0.3) is 0 Å². The van der Waals surface area contributed by atoms with E-state index < -0.39 is 0 Å². The molecule has 2 atom stereocenters. The Morgan fingerprint density at radius 3 is 2.93 bits per heavy atom. The molecule has 3 heteroatoms. The lowest BCUT2D eigenvalue weighted by molar-refractivity contribution is 0.625. The summed E-state index contributed by atoms with van der Waals surface area (Å²) in [4.78, 5) is 3.01. The molecule has 2 unspecified atom stereocenters. The quantitative estimate of drug-likeness (QED) is 0.890. The highest BCUT2D eigenvalue weighted by Gasteiger charge is 2.40. The maximum atomic E-state index is 3.63. The van der Waals surface area contributed by atoms with E-state index in [0.717, 1.165) is 17.9 Å². The molecule has 1 heterocycles. The summed E-state index contributed by atoms with van der Waals surface area (Å²) >= 11 is 5.56. The van der Waals surface area contributed by atoms with Crippen molar-refractivity contribution in [1.29, 1.82) is 0 Å². The highest BCUT2D eigenvalue weighted by molar-refractivity contribution is 9.10. The van der Waals surface area contributed by atoms with Crippen LogP contribution in [0.1, 0.15) is 34.9 Å². The van der Waals surface area contributed by atoms with Gasteiger partial charge in [-0.1, -0.05) is 0 Å². The van der Waals surface area contributed by atoms with Gasteiger partial charge in [0, 0.05) is 20.3 Å². The van der Waals surface area contributed by atoms with Crippen LogP contribution < -0.4 is 5.32 Å². The smallest absolute Gasteiger partial charge is 0.0314 e. The van der Waals surface area contributed by atoms with Crippen LogP contribution in [-0.4, -0.2) is 12.6 Å². The maximum Gasteiger partial charge on any atom is 0.0314 e. The fourth-order valence-corrected chi connectivity index (χ4v) is 3.86. The van der Waals surface area contributed by atoms with Gasteiger partial charge in [-0.3, -0.25) is 0 Å². The Bertz CT molecular complexity index is 350. The summed E-state index contributed by atoms with van der Waals surface area (Å²) in [5, 5.41) is 3.63. The summed E-state index contributed by atoms with van der Waals surface area (Å²) in [6.07, 6.45) is 4.20. The molecule has 0 radical (unpaired) electrons. The summed E-state index contributed by atoms with van der Waals surface area (Å²) in [5.74, 6) is 1.77.